The zero-order chi connectivity index (χ0) is 15.3. The number of carbonyl (C=O) groups excluding carboxylic acids is 1. The third-order valence-electron chi connectivity index (χ3n) is 3.53. The van der Waals surface area contributed by atoms with Crippen LogP contribution in [0.2, 0.25) is 0 Å². The van der Waals surface area contributed by atoms with Crippen LogP contribution in [0.5, 0.6) is 5.75 Å². The zero-order valence-corrected chi connectivity index (χ0v) is 12.4. The standard InChI is InChI=1S/C15H21FN2O3/c1-20-11-15(16)7-8-18(10-15)9-14(19)17-12-3-5-13(21-2)6-4-12/h3-6H,7-11H2,1-2H3,(H,17,19). The Balaban J connectivity index is 1.82. The van der Waals surface area contributed by atoms with E-state index in [0.29, 0.717) is 18.7 Å². The van der Waals surface area contributed by atoms with Gasteiger partial charge in [0.1, 0.15) is 11.4 Å². The van der Waals surface area contributed by atoms with Crippen molar-refractivity contribution in [3.05, 3.63) is 24.3 Å². The van der Waals surface area contributed by atoms with Crippen LogP contribution >= 0.6 is 0 Å². The van der Waals surface area contributed by atoms with E-state index in [9.17, 15) is 9.18 Å². The third-order valence-corrected chi connectivity index (χ3v) is 3.53. The summed E-state index contributed by atoms with van der Waals surface area (Å²) < 4.78 is 24.2. The lowest BCUT2D eigenvalue weighted by Gasteiger charge is -2.19. The molecule has 1 N–H and O–H groups in total. The summed E-state index contributed by atoms with van der Waals surface area (Å²) in [4.78, 5) is 13.8. The van der Waals surface area contributed by atoms with Gasteiger partial charge in [-0.3, -0.25) is 9.69 Å². The second kappa shape index (κ2) is 6.87. The van der Waals surface area contributed by atoms with Gasteiger partial charge in [-0.1, -0.05) is 0 Å². The number of hydrogen-bond acceptors (Lipinski definition) is 4. The number of nitrogens with one attached hydrogen (secondary N) is 1. The number of likely N-dealkylation sites (tertiary alicyclic amines) is 1. The normalized spacial score (nSPS) is 22.2. The smallest absolute Gasteiger partial charge is 0.238 e. The van der Waals surface area contributed by atoms with Gasteiger partial charge in [-0.25, -0.2) is 4.39 Å². The quantitative estimate of drug-likeness (QED) is 0.868. The number of nitrogens with zero attached hydrogens (tertiary/aromatic N) is 1. The first-order chi connectivity index (χ1) is 10.0. The van der Waals surface area contributed by atoms with Gasteiger partial charge in [-0.05, 0) is 30.7 Å². The van der Waals surface area contributed by atoms with Crippen LogP contribution in [0.1, 0.15) is 6.42 Å². The number of hydrogen-bond donors (Lipinski definition) is 1. The van der Waals surface area contributed by atoms with E-state index in [-0.39, 0.29) is 25.6 Å². The Bertz CT molecular complexity index is 480. The van der Waals surface area contributed by atoms with E-state index in [0.717, 1.165) is 5.75 Å². The highest BCUT2D eigenvalue weighted by Gasteiger charge is 2.38. The van der Waals surface area contributed by atoms with Gasteiger partial charge in [0.2, 0.25) is 5.91 Å². The molecule has 1 aromatic carbocycles. The molecule has 0 aromatic heterocycles. The lowest BCUT2D eigenvalue weighted by atomic mass is 10.1. The Hall–Kier alpha value is -1.66. The molecule has 1 aromatic rings. The number of amides is 1. The summed E-state index contributed by atoms with van der Waals surface area (Å²) in [6, 6.07) is 7.09. The van der Waals surface area contributed by atoms with E-state index in [1.54, 1.807) is 36.3 Å². The fourth-order valence-electron chi connectivity index (χ4n) is 2.51. The summed E-state index contributed by atoms with van der Waals surface area (Å²) in [7, 11) is 3.07. The van der Waals surface area contributed by atoms with Crippen LogP contribution < -0.4 is 10.1 Å². The average molecular weight is 296 g/mol. The van der Waals surface area contributed by atoms with Crippen LogP contribution in [0.15, 0.2) is 24.3 Å². The molecular weight excluding hydrogens is 275 g/mol. The van der Waals surface area contributed by atoms with E-state index >= 15 is 0 Å². The van der Waals surface area contributed by atoms with Crippen LogP contribution in [-0.2, 0) is 9.53 Å². The van der Waals surface area contributed by atoms with Gasteiger partial charge < -0.3 is 14.8 Å². The Morgan fingerprint density at radius 1 is 1.38 bits per heavy atom. The molecule has 1 fully saturated rings. The molecule has 0 bridgehead atoms. The van der Waals surface area contributed by atoms with Crippen molar-refractivity contribution < 1.29 is 18.7 Å². The van der Waals surface area contributed by atoms with Crippen molar-refractivity contribution in [2.45, 2.75) is 12.1 Å². The SMILES string of the molecule is COCC1(F)CCN(CC(=O)Nc2ccc(OC)cc2)C1. The number of methoxy groups -OCH3 is 2. The monoisotopic (exact) mass is 296 g/mol. The zero-order valence-electron chi connectivity index (χ0n) is 12.4. The predicted molar refractivity (Wildman–Crippen MR) is 78.4 cm³/mol. The number of rotatable bonds is 6. The summed E-state index contributed by atoms with van der Waals surface area (Å²) in [5.41, 5.74) is -0.641. The number of halogens is 1. The van der Waals surface area contributed by atoms with E-state index in [4.69, 9.17) is 9.47 Å². The molecule has 0 saturated carbocycles. The Morgan fingerprint density at radius 3 is 2.71 bits per heavy atom. The highest BCUT2D eigenvalue weighted by molar-refractivity contribution is 5.92. The molecule has 1 heterocycles. The fraction of sp³-hybridized carbons (Fsp3) is 0.533. The number of benzene rings is 1. The second-order valence-electron chi connectivity index (χ2n) is 5.32. The van der Waals surface area contributed by atoms with Crippen LogP contribution in [0.3, 0.4) is 0 Å². The largest absolute Gasteiger partial charge is 0.497 e. The molecule has 6 heteroatoms. The summed E-state index contributed by atoms with van der Waals surface area (Å²) in [6.07, 6.45) is 0.399. The molecule has 1 aliphatic heterocycles. The van der Waals surface area contributed by atoms with Crippen LogP contribution in [0.25, 0.3) is 0 Å². The molecule has 1 unspecified atom stereocenters. The van der Waals surface area contributed by atoms with Crippen LogP contribution in [0.4, 0.5) is 10.1 Å². The Labute approximate surface area is 124 Å². The molecule has 116 valence electrons. The van der Waals surface area contributed by atoms with Gasteiger partial charge in [0.05, 0.1) is 20.3 Å². The molecule has 1 amide bonds. The van der Waals surface area contributed by atoms with Gasteiger partial charge in [0.15, 0.2) is 0 Å². The minimum Gasteiger partial charge on any atom is -0.497 e. The maximum absolute atomic E-state index is 14.2. The van der Waals surface area contributed by atoms with Crippen molar-refractivity contribution >= 4 is 11.6 Å². The first-order valence-electron chi connectivity index (χ1n) is 6.89. The van der Waals surface area contributed by atoms with Crippen molar-refractivity contribution in [2.75, 3.05) is 45.8 Å². The topological polar surface area (TPSA) is 50.8 Å². The molecule has 0 spiro atoms. The lowest BCUT2D eigenvalue weighted by Crippen LogP contribution is -2.36. The molecule has 1 atom stereocenters. The van der Waals surface area contributed by atoms with Gasteiger partial charge >= 0.3 is 0 Å². The van der Waals surface area contributed by atoms with Crippen molar-refractivity contribution in [3.8, 4) is 5.75 Å². The highest BCUT2D eigenvalue weighted by Crippen LogP contribution is 2.25. The molecule has 1 saturated heterocycles. The van der Waals surface area contributed by atoms with E-state index in [2.05, 4.69) is 5.32 Å². The third kappa shape index (κ3) is 4.41. The van der Waals surface area contributed by atoms with E-state index in [1.165, 1.54) is 7.11 Å². The van der Waals surface area contributed by atoms with Crippen molar-refractivity contribution in [3.63, 3.8) is 0 Å². The molecule has 5 nitrogen and oxygen atoms in total. The van der Waals surface area contributed by atoms with Gasteiger partial charge in [0, 0.05) is 25.9 Å². The maximum atomic E-state index is 14.2. The van der Waals surface area contributed by atoms with Crippen molar-refractivity contribution in [1.82, 2.24) is 4.90 Å². The molecule has 1 aliphatic rings. The van der Waals surface area contributed by atoms with E-state index in [1.807, 2.05) is 0 Å². The van der Waals surface area contributed by atoms with Crippen molar-refractivity contribution in [2.24, 2.45) is 0 Å². The van der Waals surface area contributed by atoms with Gasteiger partial charge in [-0.15, -0.1) is 0 Å². The summed E-state index contributed by atoms with van der Waals surface area (Å²) in [5, 5.41) is 2.79. The first kappa shape index (κ1) is 15.7. The minimum atomic E-state index is -1.34. The number of anilines is 1. The number of alkyl halides is 1. The Morgan fingerprint density at radius 2 is 2.10 bits per heavy atom. The lowest BCUT2D eigenvalue weighted by molar-refractivity contribution is -0.117. The molecule has 2 rings (SSSR count). The minimum absolute atomic E-state index is 0.0730. The van der Waals surface area contributed by atoms with E-state index < -0.39 is 5.67 Å². The summed E-state index contributed by atoms with van der Waals surface area (Å²) in [5.74, 6) is 0.580. The molecule has 0 aliphatic carbocycles. The van der Waals surface area contributed by atoms with Crippen molar-refractivity contribution in [1.29, 1.82) is 0 Å². The van der Waals surface area contributed by atoms with Crippen LogP contribution in [-0.4, -0.2) is 56.9 Å². The second-order valence-corrected chi connectivity index (χ2v) is 5.32. The maximum Gasteiger partial charge on any atom is 0.238 e. The predicted octanol–water partition coefficient (Wildman–Crippen LogP) is 1.69. The Kier molecular flexibility index (Phi) is 5.14. The van der Waals surface area contributed by atoms with Gasteiger partial charge in [-0.2, -0.15) is 0 Å². The molecule has 21 heavy (non-hydrogen) atoms. The summed E-state index contributed by atoms with van der Waals surface area (Å²) in [6.45, 7) is 1.05. The molecule has 0 radical (unpaired) electrons. The first-order valence-corrected chi connectivity index (χ1v) is 6.89. The fourth-order valence-corrected chi connectivity index (χ4v) is 2.51. The molecular formula is C15H21FN2O3. The number of ether oxygens (including phenoxy) is 2. The van der Waals surface area contributed by atoms with Crippen LogP contribution in [0, 0.1) is 0 Å². The highest BCUT2D eigenvalue weighted by atomic mass is 19.1. The average Bonchev–Trinajstić information content (AvgIpc) is 2.81. The number of carbonyl (C=O) groups is 1. The van der Waals surface area contributed by atoms with Gasteiger partial charge in [0.25, 0.3) is 0 Å². The summed E-state index contributed by atoms with van der Waals surface area (Å²) >= 11 is 0.